The second-order valence-corrected chi connectivity index (χ2v) is 8.62. The number of aliphatic carboxylic acids is 1. The molecule has 1 heterocycles. The number of nitrogens with zero attached hydrogens (tertiary/aromatic N) is 1. The summed E-state index contributed by atoms with van der Waals surface area (Å²) in [7, 11) is 0. The van der Waals surface area contributed by atoms with Gasteiger partial charge in [-0.1, -0.05) is 48.5 Å². The van der Waals surface area contributed by atoms with Crippen LogP contribution in [0, 0.1) is 17.8 Å². The van der Waals surface area contributed by atoms with Gasteiger partial charge in [0.25, 0.3) is 0 Å². The molecule has 1 fully saturated rings. The highest BCUT2D eigenvalue weighted by Gasteiger charge is 2.33. The van der Waals surface area contributed by atoms with Crippen LogP contribution in [0.15, 0.2) is 48.5 Å². The molecule has 1 unspecified atom stereocenters. The lowest BCUT2D eigenvalue weighted by atomic mass is 9.97. The van der Waals surface area contributed by atoms with Crippen LogP contribution in [0.25, 0.3) is 11.1 Å². The van der Waals surface area contributed by atoms with Gasteiger partial charge in [0.05, 0.1) is 5.92 Å². The number of benzene rings is 2. The zero-order valence-electron chi connectivity index (χ0n) is 19.1. The average molecular weight is 461 g/mol. The molecule has 176 valence electrons. The summed E-state index contributed by atoms with van der Waals surface area (Å²) >= 11 is 0. The topological polar surface area (TPSA) is 95.9 Å². The molecule has 0 spiro atoms. The summed E-state index contributed by atoms with van der Waals surface area (Å²) in [4.78, 5) is 38.7. The number of likely N-dealkylation sites (tertiary alicyclic amines) is 1. The number of carbonyl (C=O) groups excluding carboxylic acids is 2. The van der Waals surface area contributed by atoms with Gasteiger partial charge >= 0.3 is 12.1 Å². The Morgan fingerprint density at radius 3 is 2.38 bits per heavy atom. The Morgan fingerprint density at radius 1 is 1.12 bits per heavy atom. The van der Waals surface area contributed by atoms with Crippen LogP contribution in [0.2, 0.25) is 0 Å². The van der Waals surface area contributed by atoms with Crippen LogP contribution < -0.4 is 5.32 Å². The van der Waals surface area contributed by atoms with Gasteiger partial charge in [-0.3, -0.25) is 9.59 Å². The van der Waals surface area contributed by atoms with E-state index in [0.29, 0.717) is 19.4 Å². The molecule has 2 aromatic carbocycles. The van der Waals surface area contributed by atoms with Crippen LogP contribution in [0.1, 0.15) is 43.2 Å². The van der Waals surface area contributed by atoms with Crippen molar-refractivity contribution in [1.82, 2.24) is 10.2 Å². The number of alkyl carbamates (subject to hydrolysis) is 1. The number of piperidine rings is 1. The standard InChI is InChI=1S/C27H28N2O5/c1-2-3-14-24(25(30)29-15-8-9-18(16-29)26(31)32)28-27(33)34-17-23-21-12-6-4-10-19(21)20-11-5-7-13-22(20)23/h4-7,10-13,18,23-24H,8-9,14-17H2,1H3,(H,28,33)(H,31,32)/t18-,24?/m1/s1. The third-order valence-electron chi connectivity index (χ3n) is 6.50. The molecule has 4 rings (SSSR count). The van der Waals surface area contributed by atoms with Crippen molar-refractivity contribution in [3.8, 4) is 23.0 Å². The van der Waals surface area contributed by atoms with E-state index < -0.39 is 24.0 Å². The number of carbonyl (C=O) groups is 3. The molecule has 2 N–H and O–H groups in total. The fourth-order valence-electron chi connectivity index (χ4n) is 4.79. The first-order chi connectivity index (χ1) is 16.5. The molecule has 7 nitrogen and oxygen atoms in total. The molecule has 2 aliphatic rings. The molecule has 0 bridgehead atoms. The van der Waals surface area contributed by atoms with E-state index in [1.165, 1.54) is 4.90 Å². The summed E-state index contributed by atoms with van der Waals surface area (Å²) < 4.78 is 5.58. The zero-order chi connectivity index (χ0) is 24.1. The van der Waals surface area contributed by atoms with Crippen molar-refractivity contribution in [3.63, 3.8) is 0 Å². The predicted molar refractivity (Wildman–Crippen MR) is 127 cm³/mol. The van der Waals surface area contributed by atoms with E-state index in [2.05, 4.69) is 29.3 Å². The van der Waals surface area contributed by atoms with Crippen LogP contribution >= 0.6 is 0 Å². The van der Waals surface area contributed by atoms with Gasteiger partial charge in [-0.05, 0) is 42.0 Å². The lowest BCUT2D eigenvalue weighted by Gasteiger charge is -2.33. The smallest absolute Gasteiger partial charge is 0.407 e. The minimum atomic E-state index is -0.910. The minimum absolute atomic E-state index is 0.0823. The van der Waals surface area contributed by atoms with E-state index in [0.717, 1.165) is 22.3 Å². The molecule has 34 heavy (non-hydrogen) atoms. The number of rotatable bonds is 6. The van der Waals surface area contributed by atoms with Crippen molar-refractivity contribution in [2.75, 3.05) is 19.7 Å². The molecular weight excluding hydrogens is 432 g/mol. The second-order valence-electron chi connectivity index (χ2n) is 8.62. The van der Waals surface area contributed by atoms with Crippen molar-refractivity contribution < 1.29 is 24.2 Å². The maximum atomic E-state index is 13.1. The first-order valence-corrected chi connectivity index (χ1v) is 11.5. The number of amides is 2. The molecule has 2 amide bonds. The van der Waals surface area contributed by atoms with Gasteiger partial charge in [-0.2, -0.15) is 0 Å². The Labute approximate surface area is 199 Å². The van der Waals surface area contributed by atoms with Crippen LogP contribution in [0.5, 0.6) is 0 Å². The van der Waals surface area contributed by atoms with Crippen molar-refractivity contribution in [2.45, 2.75) is 38.1 Å². The highest BCUT2D eigenvalue weighted by molar-refractivity contribution is 5.87. The predicted octanol–water partition coefficient (Wildman–Crippen LogP) is 3.63. The van der Waals surface area contributed by atoms with E-state index in [1.54, 1.807) is 6.92 Å². The van der Waals surface area contributed by atoms with Crippen molar-refractivity contribution in [3.05, 3.63) is 59.7 Å². The fourth-order valence-corrected chi connectivity index (χ4v) is 4.79. The number of nitrogens with one attached hydrogen (secondary N) is 1. The maximum Gasteiger partial charge on any atom is 0.407 e. The molecule has 1 saturated heterocycles. The molecule has 7 heteroatoms. The highest BCUT2D eigenvalue weighted by Crippen LogP contribution is 2.44. The summed E-state index contributed by atoms with van der Waals surface area (Å²) in [5.41, 5.74) is 4.48. The van der Waals surface area contributed by atoms with Crippen molar-refractivity contribution in [2.24, 2.45) is 5.92 Å². The van der Waals surface area contributed by atoms with E-state index in [1.807, 2.05) is 36.4 Å². The number of carboxylic acids is 1. The molecule has 1 aliphatic carbocycles. The molecule has 1 aliphatic heterocycles. The van der Waals surface area contributed by atoms with Crippen LogP contribution in [-0.4, -0.2) is 53.7 Å². The average Bonchev–Trinajstić information content (AvgIpc) is 3.18. The first kappa shape index (κ1) is 23.4. The van der Waals surface area contributed by atoms with Gasteiger partial charge in [0, 0.05) is 25.4 Å². The summed E-state index contributed by atoms with van der Waals surface area (Å²) in [5, 5.41) is 12.0. The van der Waals surface area contributed by atoms with E-state index in [-0.39, 0.29) is 31.4 Å². The molecule has 2 aromatic rings. The minimum Gasteiger partial charge on any atom is -0.481 e. The Bertz CT molecular complexity index is 1100. The van der Waals surface area contributed by atoms with Crippen LogP contribution in [-0.2, 0) is 14.3 Å². The normalized spacial score (nSPS) is 17.6. The molecule has 0 aromatic heterocycles. The third kappa shape index (κ3) is 4.91. The maximum absolute atomic E-state index is 13.1. The Balaban J connectivity index is 1.42. The van der Waals surface area contributed by atoms with E-state index in [4.69, 9.17) is 4.74 Å². The molecule has 2 atom stereocenters. The Morgan fingerprint density at radius 2 is 1.76 bits per heavy atom. The SMILES string of the molecule is CC#CCC(NC(=O)OCC1c2ccccc2-c2ccccc21)C(=O)N1CCC[C@@H](C(=O)O)C1. The van der Waals surface area contributed by atoms with Gasteiger partial charge in [0.2, 0.25) is 5.91 Å². The highest BCUT2D eigenvalue weighted by atomic mass is 16.5. The van der Waals surface area contributed by atoms with Gasteiger partial charge in [0.15, 0.2) is 0 Å². The molecular formula is C27H28N2O5. The summed E-state index contributed by atoms with van der Waals surface area (Å²) in [5.74, 6) is 3.68. The number of carboxylic acid groups (broad SMARTS) is 1. The Kier molecular flexibility index (Phi) is 7.17. The van der Waals surface area contributed by atoms with Crippen LogP contribution in [0.4, 0.5) is 4.79 Å². The van der Waals surface area contributed by atoms with E-state index >= 15 is 0 Å². The molecule has 0 radical (unpaired) electrons. The van der Waals surface area contributed by atoms with Crippen LogP contribution in [0.3, 0.4) is 0 Å². The second kappa shape index (κ2) is 10.4. The number of ether oxygens (including phenoxy) is 1. The van der Waals surface area contributed by atoms with Gasteiger partial charge in [-0.25, -0.2) is 4.79 Å². The summed E-state index contributed by atoms with van der Waals surface area (Å²) in [6.45, 7) is 2.41. The largest absolute Gasteiger partial charge is 0.481 e. The van der Waals surface area contributed by atoms with Gasteiger partial charge < -0.3 is 20.1 Å². The summed E-state index contributed by atoms with van der Waals surface area (Å²) in [6, 6.07) is 15.2. The fraction of sp³-hybridized carbons (Fsp3) is 0.370. The van der Waals surface area contributed by atoms with Gasteiger partial charge in [0.1, 0.15) is 12.6 Å². The van der Waals surface area contributed by atoms with Crippen molar-refractivity contribution in [1.29, 1.82) is 0 Å². The Hall–Kier alpha value is -3.79. The number of hydrogen-bond acceptors (Lipinski definition) is 4. The zero-order valence-corrected chi connectivity index (χ0v) is 19.1. The molecule has 0 saturated carbocycles. The third-order valence-corrected chi connectivity index (χ3v) is 6.50. The summed E-state index contributed by atoms with van der Waals surface area (Å²) in [6.07, 6.45) is 0.594. The lowest BCUT2D eigenvalue weighted by Crippen LogP contribution is -2.52. The lowest BCUT2D eigenvalue weighted by molar-refractivity contribution is -0.146. The van der Waals surface area contributed by atoms with E-state index in [9.17, 15) is 19.5 Å². The quantitative estimate of drug-likeness (QED) is 0.642. The number of hydrogen-bond donors (Lipinski definition) is 2. The monoisotopic (exact) mass is 460 g/mol. The number of fused-ring (bicyclic) bond motifs is 3. The van der Waals surface area contributed by atoms with Gasteiger partial charge in [-0.15, -0.1) is 11.8 Å². The first-order valence-electron chi connectivity index (χ1n) is 11.5. The van der Waals surface area contributed by atoms with Crippen molar-refractivity contribution >= 4 is 18.0 Å².